The van der Waals surface area contributed by atoms with Crippen molar-refractivity contribution in [2.24, 2.45) is 0 Å². The molecule has 2 heterocycles. The number of aromatic nitrogens is 2. The van der Waals surface area contributed by atoms with E-state index in [4.69, 9.17) is 8.92 Å². The lowest BCUT2D eigenvalue weighted by atomic mass is 10.2. The summed E-state index contributed by atoms with van der Waals surface area (Å²) in [5, 5.41) is 0. The average molecular weight is 408 g/mol. The second-order valence-corrected chi connectivity index (χ2v) is 7.66. The predicted octanol–water partition coefficient (Wildman–Crippen LogP) is 1.32. The maximum atomic E-state index is 13.2. The lowest BCUT2D eigenvalue weighted by molar-refractivity contribution is 0.0590. The Hall–Kier alpha value is -2.72. The number of benzene rings is 1. The second kappa shape index (κ2) is 8.11. The fraction of sp³-hybridized carbons (Fsp3) is 0.389. The predicted molar refractivity (Wildman–Crippen MR) is 97.9 cm³/mol. The zero-order valence-electron chi connectivity index (χ0n) is 15.5. The van der Waals surface area contributed by atoms with Gasteiger partial charge in [0, 0.05) is 6.42 Å². The lowest BCUT2D eigenvalue weighted by Crippen LogP contribution is -2.33. The molecule has 0 aliphatic carbocycles. The van der Waals surface area contributed by atoms with Crippen molar-refractivity contribution in [3.05, 3.63) is 52.2 Å². The van der Waals surface area contributed by atoms with Crippen LogP contribution in [-0.2, 0) is 26.0 Å². The Morgan fingerprint density at radius 3 is 2.68 bits per heavy atom. The number of ether oxygens (including phenoxy) is 2. The third kappa shape index (κ3) is 3.78. The minimum atomic E-state index is -4.35. The van der Waals surface area contributed by atoms with Crippen LogP contribution in [0.25, 0.3) is 0 Å². The van der Waals surface area contributed by atoms with Gasteiger partial charge in [0.25, 0.3) is 5.56 Å². The first-order valence-corrected chi connectivity index (χ1v) is 10.1. The molecule has 3 rings (SSSR count). The van der Waals surface area contributed by atoms with Gasteiger partial charge in [0.05, 0.1) is 26.4 Å². The molecular weight excluding hydrogens is 388 g/mol. The summed E-state index contributed by atoms with van der Waals surface area (Å²) in [6.45, 7) is 2.46. The highest BCUT2D eigenvalue weighted by Gasteiger charge is 2.31. The summed E-state index contributed by atoms with van der Waals surface area (Å²) in [6.07, 6.45) is 0.846. The number of hydrogen-bond donors (Lipinski definition) is 0. The van der Waals surface area contributed by atoms with Crippen molar-refractivity contribution in [3.8, 4) is 5.75 Å². The molecule has 10 heteroatoms. The highest BCUT2D eigenvalue weighted by molar-refractivity contribution is 7.87. The van der Waals surface area contributed by atoms with Crippen molar-refractivity contribution in [1.82, 2.24) is 9.55 Å². The molecule has 2 aromatic rings. The van der Waals surface area contributed by atoms with Crippen LogP contribution in [0.15, 0.2) is 40.0 Å². The molecule has 0 saturated carbocycles. The second-order valence-electron chi connectivity index (χ2n) is 6.11. The number of hydrogen-bond acceptors (Lipinski definition) is 8. The van der Waals surface area contributed by atoms with Crippen molar-refractivity contribution in [1.29, 1.82) is 0 Å². The van der Waals surface area contributed by atoms with Crippen LogP contribution < -0.4 is 9.74 Å². The number of carbonyl (C=O) groups is 1. The molecule has 0 radical (unpaired) electrons. The molecule has 0 spiro atoms. The minimum Gasteiger partial charge on any atom is -0.464 e. The van der Waals surface area contributed by atoms with Crippen molar-refractivity contribution in [2.75, 3.05) is 20.3 Å². The van der Waals surface area contributed by atoms with E-state index in [-0.39, 0.29) is 17.5 Å². The summed E-state index contributed by atoms with van der Waals surface area (Å²) in [7, 11) is -3.24. The third-order valence-electron chi connectivity index (χ3n) is 4.37. The van der Waals surface area contributed by atoms with Gasteiger partial charge in [-0.15, -0.1) is 0 Å². The van der Waals surface area contributed by atoms with Gasteiger partial charge in [0.1, 0.15) is 10.7 Å². The molecule has 0 bridgehead atoms. The summed E-state index contributed by atoms with van der Waals surface area (Å²) in [5.41, 5.74) is -1.24. The molecule has 0 unspecified atom stereocenters. The van der Waals surface area contributed by atoms with Crippen LogP contribution in [0.5, 0.6) is 5.75 Å². The van der Waals surface area contributed by atoms with Crippen molar-refractivity contribution in [3.63, 3.8) is 0 Å². The molecule has 1 atom stereocenters. The number of methoxy groups -OCH3 is 1. The first-order chi connectivity index (χ1) is 13.4. The Balaban J connectivity index is 2.20. The Morgan fingerprint density at radius 1 is 1.32 bits per heavy atom. The third-order valence-corrected chi connectivity index (χ3v) is 5.60. The van der Waals surface area contributed by atoms with Crippen molar-refractivity contribution >= 4 is 16.1 Å². The number of carbonyl (C=O) groups excluding carboxylic acids is 1. The molecule has 0 amide bonds. The molecule has 0 N–H and O–H groups in total. The SMILES string of the molecule is CC[C@H]1COCCc2nc(C(=O)OC)c(OS(=O)(=O)c3ccccc3)c(=O)n21. The Labute approximate surface area is 162 Å². The highest BCUT2D eigenvalue weighted by Crippen LogP contribution is 2.23. The van der Waals surface area contributed by atoms with E-state index in [9.17, 15) is 18.0 Å². The molecular formula is C18H20N2O7S. The van der Waals surface area contributed by atoms with Crippen LogP contribution >= 0.6 is 0 Å². The Kier molecular flexibility index (Phi) is 5.80. The van der Waals surface area contributed by atoms with Crippen molar-refractivity contribution in [2.45, 2.75) is 30.7 Å². The summed E-state index contributed by atoms with van der Waals surface area (Å²) in [4.78, 5) is 29.4. The Bertz CT molecular complexity index is 1030. The zero-order valence-corrected chi connectivity index (χ0v) is 16.3. The number of esters is 1. The summed E-state index contributed by atoms with van der Waals surface area (Å²) in [6, 6.07) is 6.97. The molecule has 150 valence electrons. The summed E-state index contributed by atoms with van der Waals surface area (Å²) >= 11 is 0. The molecule has 28 heavy (non-hydrogen) atoms. The first kappa shape index (κ1) is 20.0. The van der Waals surface area contributed by atoms with Gasteiger partial charge in [-0.1, -0.05) is 25.1 Å². The monoisotopic (exact) mass is 408 g/mol. The number of nitrogens with zero attached hydrogens (tertiary/aromatic N) is 2. The van der Waals surface area contributed by atoms with Crippen LogP contribution in [0, 0.1) is 0 Å². The summed E-state index contributed by atoms with van der Waals surface area (Å²) < 4.78 is 41.9. The van der Waals surface area contributed by atoms with Gasteiger partial charge in [-0.25, -0.2) is 9.78 Å². The van der Waals surface area contributed by atoms with Crippen LogP contribution in [0.2, 0.25) is 0 Å². The van der Waals surface area contributed by atoms with Crippen molar-refractivity contribution < 1.29 is 26.9 Å². The fourth-order valence-corrected chi connectivity index (χ4v) is 3.88. The van der Waals surface area contributed by atoms with Crippen LogP contribution in [0.1, 0.15) is 35.7 Å². The molecule has 1 aliphatic heterocycles. The van der Waals surface area contributed by atoms with Crippen LogP contribution in [0.3, 0.4) is 0 Å². The van der Waals surface area contributed by atoms with Gasteiger partial charge in [0.2, 0.25) is 5.75 Å². The molecule has 1 aromatic heterocycles. The van der Waals surface area contributed by atoms with Gasteiger partial charge in [-0.05, 0) is 18.6 Å². The van der Waals surface area contributed by atoms with E-state index < -0.39 is 33.1 Å². The average Bonchev–Trinajstić information content (AvgIpc) is 2.92. The largest absolute Gasteiger partial charge is 0.464 e. The minimum absolute atomic E-state index is 0.152. The zero-order chi connectivity index (χ0) is 20.3. The molecule has 0 fully saturated rings. The molecule has 1 aromatic carbocycles. The van der Waals surface area contributed by atoms with E-state index in [1.807, 2.05) is 6.92 Å². The normalized spacial score (nSPS) is 16.7. The van der Waals surface area contributed by atoms with E-state index in [2.05, 4.69) is 9.72 Å². The molecule has 0 saturated heterocycles. The van der Waals surface area contributed by atoms with E-state index in [1.54, 1.807) is 6.07 Å². The van der Waals surface area contributed by atoms with E-state index >= 15 is 0 Å². The number of fused-ring (bicyclic) bond motifs is 1. The van der Waals surface area contributed by atoms with E-state index in [0.29, 0.717) is 25.3 Å². The molecule has 9 nitrogen and oxygen atoms in total. The number of rotatable bonds is 5. The maximum absolute atomic E-state index is 13.2. The van der Waals surface area contributed by atoms with Gasteiger partial charge < -0.3 is 13.7 Å². The molecule has 1 aliphatic rings. The van der Waals surface area contributed by atoms with Gasteiger partial charge in [-0.3, -0.25) is 9.36 Å². The standard InChI is InChI=1S/C18H20N2O7S/c1-3-12-11-26-10-9-14-19-15(18(22)25-2)16(17(21)20(12)14)27-28(23,24)13-7-5-4-6-8-13/h4-8,12H,3,9-11H2,1-2H3/t12-/m0/s1. The van der Waals surface area contributed by atoms with Crippen LogP contribution in [0.4, 0.5) is 0 Å². The fourth-order valence-electron chi connectivity index (χ4n) is 2.93. The van der Waals surface area contributed by atoms with Gasteiger partial charge in [0.15, 0.2) is 5.69 Å². The highest BCUT2D eigenvalue weighted by atomic mass is 32.2. The Morgan fingerprint density at radius 2 is 2.04 bits per heavy atom. The van der Waals surface area contributed by atoms with Gasteiger partial charge in [-0.2, -0.15) is 8.42 Å². The van der Waals surface area contributed by atoms with E-state index in [1.165, 1.54) is 28.8 Å². The lowest BCUT2D eigenvalue weighted by Gasteiger charge is -2.20. The van der Waals surface area contributed by atoms with E-state index in [0.717, 1.165) is 7.11 Å². The van der Waals surface area contributed by atoms with Gasteiger partial charge >= 0.3 is 16.1 Å². The quantitative estimate of drug-likeness (QED) is 0.538. The maximum Gasteiger partial charge on any atom is 0.360 e. The topological polar surface area (TPSA) is 114 Å². The first-order valence-electron chi connectivity index (χ1n) is 8.70. The van der Waals surface area contributed by atoms with Crippen LogP contribution in [-0.4, -0.2) is 44.3 Å². The summed E-state index contributed by atoms with van der Waals surface area (Å²) in [5.74, 6) is -1.32. The smallest absolute Gasteiger partial charge is 0.360 e.